The van der Waals surface area contributed by atoms with Crippen LogP contribution in [0.3, 0.4) is 0 Å². The van der Waals surface area contributed by atoms with Crippen molar-refractivity contribution >= 4 is 38.7 Å². The molecule has 0 radical (unpaired) electrons. The van der Waals surface area contributed by atoms with Crippen molar-refractivity contribution in [1.29, 1.82) is 0 Å². The second-order valence-corrected chi connectivity index (χ2v) is 6.09. The van der Waals surface area contributed by atoms with E-state index in [1.807, 2.05) is 25.1 Å². The number of aromatic nitrogens is 1. The second-order valence-electron chi connectivity index (χ2n) is 5.06. The molecule has 1 heterocycles. The van der Waals surface area contributed by atoms with Crippen molar-refractivity contribution in [3.8, 4) is 11.5 Å². The van der Waals surface area contributed by atoms with E-state index < -0.39 is 0 Å². The van der Waals surface area contributed by atoms with Gasteiger partial charge in [0, 0.05) is 6.08 Å². The molecule has 0 saturated heterocycles. The molecule has 23 heavy (non-hydrogen) atoms. The number of aryl methyl sites for hydroxylation is 1. The SMILES string of the molecule is Cc1ccc2nc(NC(=O)/C=C/c3ccc(O)c(O)c3)sc2c1. The van der Waals surface area contributed by atoms with Crippen LogP contribution in [0.5, 0.6) is 11.5 Å². The highest BCUT2D eigenvalue weighted by Crippen LogP contribution is 2.27. The van der Waals surface area contributed by atoms with Gasteiger partial charge in [-0.25, -0.2) is 4.98 Å². The molecule has 1 aromatic heterocycles. The Hall–Kier alpha value is -2.86. The summed E-state index contributed by atoms with van der Waals surface area (Å²) in [7, 11) is 0. The summed E-state index contributed by atoms with van der Waals surface area (Å²) in [6, 6.07) is 10.3. The molecule has 0 bridgehead atoms. The largest absolute Gasteiger partial charge is 0.504 e. The average molecular weight is 326 g/mol. The number of hydrogen-bond donors (Lipinski definition) is 3. The number of fused-ring (bicyclic) bond motifs is 1. The molecule has 0 unspecified atom stereocenters. The van der Waals surface area contributed by atoms with E-state index in [-0.39, 0.29) is 17.4 Å². The number of benzene rings is 2. The molecular weight excluding hydrogens is 312 g/mol. The van der Waals surface area contributed by atoms with Gasteiger partial charge in [0.15, 0.2) is 16.6 Å². The minimum absolute atomic E-state index is 0.198. The van der Waals surface area contributed by atoms with Crippen molar-refractivity contribution in [2.45, 2.75) is 6.92 Å². The van der Waals surface area contributed by atoms with Crippen molar-refractivity contribution in [3.63, 3.8) is 0 Å². The van der Waals surface area contributed by atoms with E-state index in [2.05, 4.69) is 10.3 Å². The van der Waals surface area contributed by atoms with Crippen molar-refractivity contribution in [1.82, 2.24) is 4.98 Å². The molecular formula is C17H14N2O3S. The van der Waals surface area contributed by atoms with E-state index >= 15 is 0 Å². The van der Waals surface area contributed by atoms with Crippen LogP contribution in [0.25, 0.3) is 16.3 Å². The number of aromatic hydroxyl groups is 2. The standard InChI is InChI=1S/C17H14N2O3S/c1-10-2-5-12-15(8-10)23-17(18-12)19-16(22)7-4-11-3-6-13(20)14(21)9-11/h2-9,20-21H,1H3,(H,18,19,22)/b7-4+. The highest BCUT2D eigenvalue weighted by Gasteiger charge is 2.06. The monoisotopic (exact) mass is 326 g/mol. The molecule has 0 aliphatic rings. The van der Waals surface area contributed by atoms with Gasteiger partial charge in [-0.15, -0.1) is 0 Å². The normalized spacial score (nSPS) is 11.2. The lowest BCUT2D eigenvalue weighted by Crippen LogP contribution is -2.07. The van der Waals surface area contributed by atoms with Crippen LogP contribution >= 0.6 is 11.3 Å². The number of nitrogens with one attached hydrogen (secondary N) is 1. The molecule has 116 valence electrons. The number of anilines is 1. The maximum Gasteiger partial charge on any atom is 0.250 e. The predicted molar refractivity (Wildman–Crippen MR) is 91.8 cm³/mol. The van der Waals surface area contributed by atoms with Gasteiger partial charge >= 0.3 is 0 Å². The number of carbonyl (C=O) groups is 1. The van der Waals surface area contributed by atoms with Crippen LogP contribution in [-0.2, 0) is 4.79 Å². The number of amides is 1. The molecule has 5 nitrogen and oxygen atoms in total. The Bertz CT molecular complexity index is 915. The number of phenolic OH excluding ortho intramolecular Hbond substituents is 2. The van der Waals surface area contributed by atoms with Crippen LogP contribution in [0.1, 0.15) is 11.1 Å². The van der Waals surface area contributed by atoms with Crippen LogP contribution in [0, 0.1) is 6.92 Å². The third-order valence-electron chi connectivity index (χ3n) is 3.20. The first-order chi connectivity index (χ1) is 11.0. The third-order valence-corrected chi connectivity index (χ3v) is 4.13. The lowest BCUT2D eigenvalue weighted by molar-refractivity contribution is -0.111. The number of nitrogens with zero attached hydrogens (tertiary/aromatic N) is 1. The Labute approximate surface area is 136 Å². The first-order valence-corrected chi connectivity index (χ1v) is 7.71. The molecule has 0 saturated carbocycles. The molecule has 1 amide bonds. The quantitative estimate of drug-likeness (QED) is 0.506. The van der Waals surface area contributed by atoms with Gasteiger partial charge in [-0.1, -0.05) is 23.5 Å². The molecule has 6 heteroatoms. The van der Waals surface area contributed by atoms with Crippen molar-refractivity contribution in [3.05, 3.63) is 53.6 Å². The van der Waals surface area contributed by atoms with Gasteiger partial charge in [0.05, 0.1) is 10.2 Å². The van der Waals surface area contributed by atoms with Crippen LogP contribution in [0.2, 0.25) is 0 Å². The molecule has 3 N–H and O–H groups in total. The summed E-state index contributed by atoms with van der Waals surface area (Å²) in [5.74, 6) is -0.737. The van der Waals surface area contributed by atoms with Gasteiger partial charge in [-0.3, -0.25) is 10.1 Å². The van der Waals surface area contributed by atoms with Gasteiger partial charge in [-0.2, -0.15) is 0 Å². The summed E-state index contributed by atoms with van der Waals surface area (Å²) in [4.78, 5) is 16.3. The van der Waals surface area contributed by atoms with E-state index in [1.54, 1.807) is 12.1 Å². The zero-order valence-electron chi connectivity index (χ0n) is 12.3. The first kappa shape index (κ1) is 15.1. The summed E-state index contributed by atoms with van der Waals surface area (Å²) in [6.07, 6.45) is 2.90. The maximum absolute atomic E-state index is 11.9. The van der Waals surface area contributed by atoms with Crippen LogP contribution in [-0.4, -0.2) is 21.1 Å². The number of rotatable bonds is 3. The van der Waals surface area contributed by atoms with Gasteiger partial charge in [-0.05, 0) is 48.4 Å². The number of carbonyl (C=O) groups excluding carboxylic acids is 1. The Morgan fingerprint density at radius 3 is 2.78 bits per heavy atom. The summed E-state index contributed by atoms with van der Waals surface area (Å²) in [5, 5.41) is 21.9. The van der Waals surface area contributed by atoms with Gasteiger partial charge in [0.2, 0.25) is 5.91 Å². The van der Waals surface area contributed by atoms with E-state index in [0.29, 0.717) is 10.7 Å². The van der Waals surface area contributed by atoms with E-state index in [4.69, 9.17) is 0 Å². The predicted octanol–water partition coefficient (Wildman–Crippen LogP) is 3.67. The molecule has 3 aromatic rings. The first-order valence-electron chi connectivity index (χ1n) is 6.89. The molecule has 0 fully saturated rings. The van der Waals surface area contributed by atoms with Crippen molar-refractivity contribution in [2.75, 3.05) is 5.32 Å². The fraction of sp³-hybridized carbons (Fsp3) is 0.0588. The molecule has 0 aliphatic carbocycles. The lowest BCUT2D eigenvalue weighted by Gasteiger charge is -1.99. The molecule has 0 spiro atoms. The number of thiazole rings is 1. The zero-order chi connectivity index (χ0) is 16.4. The van der Waals surface area contributed by atoms with E-state index in [1.165, 1.54) is 29.5 Å². The van der Waals surface area contributed by atoms with Crippen LogP contribution in [0.15, 0.2) is 42.5 Å². The Morgan fingerprint density at radius 2 is 2.00 bits per heavy atom. The molecule has 2 aromatic carbocycles. The maximum atomic E-state index is 11.9. The fourth-order valence-electron chi connectivity index (χ4n) is 2.05. The van der Waals surface area contributed by atoms with Crippen molar-refractivity contribution < 1.29 is 15.0 Å². The summed E-state index contributed by atoms with van der Waals surface area (Å²) >= 11 is 1.42. The van der Waals surface area contributed by atoms with Gasteiger partial charge < -0.3 is 10.2 Å². The van der Waals surface area contributed by atoms with Crippen molar-refractivity contribution in [2.24, 2.45) is 0 Å². The fourth-order valence-corrected chi connectivity index (χ4v) is 3.02. The van der Waals surface area contributed by atoms with Crippen LogP contribution < -0.4 is 5.32 Å². The zero-order valence-corrected chi connectivity index (χ0v) is 13.1. The molecule has 0 aliphatic heterocycles. The number of hydrogen-bond acceptors (Lipinski definition) is 5. The summed E-state index contributed by atoms with van der Waals surface area (Å²) < 4.78 is 1.02. The molecule has 0 atom stereocenters. The Balaban J connectivity index is 1.72. The van der Waals surface area contributed by atoms with Crippen LogP contribution in [0.4, 0.5) is 5.13 Å². The van der Waals surface area contributed by atoms with E-state index in [9.17, 15) is 15.0 Å². The summed E-state index contributed by atoms with van der Waals surface area (Å²) in [6.45, 7) is 2.01. The topological polar surface area (TPSA) is 82.5 Å². The highest BCUT2D eigenvalue weighted by atomic mass is 32.1. The minimum Gasteiger partial charge on any atom is -0.504 e. The Kier molecular flexibility index (Phi) is 3.99. The highest BCUT2D eigenvalue weighted by molar-refractivity contribution is 7.22. The lowest BCUT2D eigenvalue weighted by atomic mass is 10.2. The number of phenols is 2. The minimum atomic E-state index is -0.312. The van der Waals surface area contributed by atoms with Gasteiger partial charge in [0.1, 0.15) is 0 Å². The summed E-state index contributed by atoms with van der Waals surface area (Å²) in [5.41, 5.74) is 2.60. The second kappa shape index (κ2) is 6.10. The third kappa shape index (κ3) is 3.49. The van der Waals surface area contributed by atoms with Gasteiger partial charge in [0.25, 0.3) is 0 Å². The Morgan fingerprint density at radius 1 is 1.17 bits per heavy atom. The average Bonchev–Trinajstić information content (AvgIpc) is 2.89. The smallest absolute Gasteiger partial charge is 0.250 e. The van der Waals surface area contributed by atoms with E-state index in [0.717, 1.165) is 15.8 Å². The molecule has 3 rings (SSSR count).